The molecule has 2 N–H and O–H groups in total. The van der Waals surface area contributed by atoms with E-state index in [0.717, 1.165) is 36.2 Å². The van der Waals surface area contributed by atoms with E-state index in [1.807, 2.05) is 24.5 Å². The fourth-order valence-corrected chi connectivity index (χ4v) is 3.71. The van der Waals surface area contributed by atoms with E-state index in [9.17, 15) is 9.59 Å². The maximum absolute atomic E-state index is 12.9. The van der Waals surface area contributed by atoms with Gasteiger partial charge in [-0.2, -0.15) is 0 Å². The molecule has 2 heterocycles. The largest absolute Gasteiger partial charge is 0.345 e. The van der Waals surface area contributed by atoms with Gasteiger partial charge in [0.1, 0.15) is 0 Å². The Labute approximate surface area is 176 Å². The van der Waals surface area contributed by atoms with Crippen LogP contribution in [0.1, 0.15) is 72.0 Å². The standard InChI is InChI=1S/C22H30N6O2/c1-7-15(8-2)28-18-11-10-14(21(30)27(5)6)12-17(18)25-22(28)26-20(29)19-23-13(4)16(9-3)24-19/h10-12,15H,7-9H2,1-6H3,(H,23,24)(H,25,26,29). The highest BCUT2D eigenvalue weighted by Crippen LogP contribution is 2.29. The van der Waals surface area contributed by atoms with Crippen molar-refractivity contribution in [1.29, 1.82) is 0 Å². The Morgan fingerprint density at radius 2 is 1.87 bits per heavy atom. The number of rotatable bonds is 7. The summed E-state index contributed by atoms with van der Waals surface area (Å²) in [5.41, 5.74) is 3.89. The summed E-state index contributed by atoms with van der Waals surface area (Å²) < 4.78 is 2.05. The lowest BCUT2D eigenvalue weighted by molar-refractivity contribution is 0.0827. The number of carbonyl (C=O) groups is 2. The normalized spacial score (nSPS) is 11.3. The SMILES string of the molecule is CCc1nc(C(=O)Nc2nc3cc(C(=O)N(C)C)ccc3n2C(CC)CC)[nH]c1C. The molecule has 3 aromatic rings. The first-order chi connectivity index (χ1) is 14.3. The van der Waals surface area contributed by atoms with E-state index >= 15 is 0 Å². The molecule has 0 bridgehead atoms. The average molecular weight is 411 g/mol. The number of imidazole rings is 2. The van der Waals surface area contributed by atoms with Crippen LogP contribution in [0.5, 0.6) is 0 Å². The molecule has 0 fully saturated rings. The number of fused-ring (bicyclic) bond motifs is 1. The van der Waals surface area contributed by atoms with Gasteiger partial charge >= 0.3 is 0 Å². The number of amides is 2. The fraction of sp³-hybridized carbons (Fsp3) is 0.455. The monoisotopic (exact) mass is 410 g/mol. The Kier molecular flexibility index (Phi) is 6.24. The quantitative estimate of drug-likeness (QED) is 0.616. The Bertz CT molecular complexity index is 1070. The summed E-state index contributed by atoms with van der Waals surface area (Å²) in [5, 5.41) is 2.93. The van der Waals surface area contributed by atoms with Gasteiger partial charge in [0.2, 0.25) is 5.95 Å². The van der Waals surface area contributed by atoms with Gasteiger partial charge in [0.25, 0.3) is 11.8 Å². The molecule has 8 nitrogen and oxygen atoms in total. The third-order valence-corrected chi connectivity index (χ3v) is 5.41. The molecule has 0 aliphatic carbocycles. The minimum atomic E-state index is -0.329. The van der Waals surface area contributed by atoms with Gasteiger partial charge in [-0.15, -0.1) is 0 Å². The summed E-state index contributed by atoms with van der Waals surface area (Å²) in [5.74, 6) is 0.323. The molecule has 3 rings (SSSR count). The number of benzene rings is 1. The van der Waals surface area contributed by atoms with Crippen LogP contribution < -0.4 is 5.32 Å². The molecule has 0 atom stereocenters. The van der Waals surface area contributed by atoms with Crippen molar-refractivity contribution in [1.82, 2.24) is 24.4 Å². The highest BCUT2D eigenvalue weighted by atomic mass is 16.2. The zero-order chi connectivity index (χ0) is 22.0. The summed E-state index contributed by atoms with van der Waals surface area (Å²) >= 11 is 0. The van der Waals surface area contributed by atoms with Gasteiger partial charge in [0.15, 0.2) is 5.82 Å². The number of aryl methyl sites for hydroxylation is 2. The third kappa shape index (κ3) is 3.94. The Morgan fingerprint density at radius 1 is 1.17 bits per heavy atom. The van der Waals surface area contributed by atoms with Crippen molar-refractivity contribution in [2.75, 3.05) is 19.4 Å². The maximum Gasteiger partial charge on any atom is 0.293 e. The van der Waals surface area contributed by atoms with Crippen molar-refractivity contribution in [2.45, 2.75) is 53.0 Å². The molecule has 0 spiro atoms. The topological polar surface area (TPSA) is 95.9 Å². The van der Waals surface area contributed by atoms with E-state index in [-0.39, 0.29) is 23.7 Å². The zero-order valence-electron chi connectivity index (χ0n) is 18.5. The molecule has 0 unspecified atom stereocenters. The van der Waals surface area contributed by atoms with Crippen LogP contribution in [0, 0.1) is 6.92 Å². The minimum absolute atomic E-state index is 0.0854. The molecule has 0 aliphatic heterocycles. The molecule has 1 aromatic carbocycles. The first-order valence-corrected chi connectivity index (χ1v) is 10.4. The Balaban J connectivity index is 2.05. The summed E-state index contributed by atoms with van der Waals surface area (Å²) in [4.78, 5) is 38.9. The van der Waals surface area contributed by atoms with E-state index in [4.69, 9.17) is 0 Å². The zero-order valence-corrected chi connectivity index (χ0v) is 18.5. The number of anilines is 1. The van der Waals surface area contributed by atoms with E-state index < -0.39 is 0 Å². The molecule has 0 radical (unpaired) electrons. The Morgan fingerprint density at radius 3 is 2.43 bits per heavy atom. The van der Waals surface area contributed by atoms with Crippen LogP contribution in [0.3, 0.4) is 0 Å². The van der Waals surface area contributed by atoms with Crippen molar-refractivity contribution >= 4 is 28.8 Å². The second kappa shape index (κ2) is 8.69. The first-order valence-electron chi connectivity index (χ1n) is 10.4. The number of nitrogens with zero attached hydrogens (tertiary/aromatic N) is 4. The van der Waals surface area contributed by atoms with E-state index in [2.05, 4.69) is 34.1 Å². The molecule has 160 valence electrons. The number of H-pyrrole nitrogens is 1. The molecular weight excluding hydrogens is 380 g/mol. The lowest BCUT2D eigenvalue weighted by atomic mass is 10.1. The summed E-state index contributed by atoms with van der Waals surface area (Å²) in [6.45, 7) is 8.13. The van der Waals surface area contributed by atoms with E-state index in [0.29, 0.717) is 17.0 Å². The van der Waals surface area contributed by atoms with Gasteiger partial charge in [-0.1, -0.05) is 20.8 Å². The molecule has 30 heavy (non-hydrogen) atoms. The van der Waals surface area contributed by atoms with Crippen LogP contribution in [0.4, 0.5) is 5.95 Å². The minimum Gasteiger partial charge on any atom is -0.345 e. The lowest BCUT2D eigenvalue weighted by Crippen LogP contribution is -2.21. The number of aromatic amines is 1. The summed E-state index contributed by atoms with van der Waals surface area (Å²) in [6, 6.07) is 5.66. The van der Waals surface area contributed by atoms with Crippen LogP contribution in [0.25, 0.3) is 11.0 Å². The highest BCUT2D eigenvalue weighted by Gasteiger charge is 2.22. The molecule has 0 saturated carbocycles. The van der Waals surface area contributed by atoms with Crippen LogP contribution in [-0.4, -0.2) is 50.3 Å². The third-order valence-electron chi connectivity index (χ3n) is 5.41. The number of carbonyl (C=O) groups excluding carboxylic acids is 2. The number of hydrogen-bond donors (Lipinski definition) is 2. The smallest absolute Gasteiger partial charge is 0.293 e. The fourth-order valence-electron chi connectivity index (χ4n) is 3.71. The number of nitrogens with one attached hydrogen (secondary N) is 2. The van der Waals surface area contributed by atoms with Gasteiger partial charge in [-0.05, 0) is 44.4 Å². The van der Waals surface area contributed by atoms with Crippen molar-refractivity contribution in [3.63, 3.8) is 0 Å². The summed E-state index contributed by atoms with van der Waals surface area (Å²) in [7, 11) is 3.44. The predicted octanol–water partition coefficient (Wildman–Crippen LogP) is 3.95. The van der Waals surface area contributed by atoms with Crippen molar-refractivity contribution in [3.05, 3.63) is 41.0 Å². The molecule has 8 heteroatoms. The second-order valence-corrected chi connectivity index (χ2v) is 7.64. The average Bonchev–Trinajstić information content (AvgIpc) is 3.28. The van der Waals surface area contributed by atoms with Crippen LogP contribution >= 0.6 is 0 Å². The van der Waals surface area contributed by atoms with Gasteiger partial charge in [-0.25, -0.2) is 9.97 Å². The van der Waals surface area contributed by atoms with Crippen LogP contribution in [-0.2, 0) is 6.42 Å². The molecule has 2 amide bonds. The lowest BCUT2D eigenvalue weighted by Gasteiger charge is -2.19. The second-order valence-electron chi connectivity index (χ2n) is 7.64. The van der Waals surface area contributed by atoms with Crippen molar-refractivity contribution in [2.24, 2.45) is 0 Å². The maximum atomic E-state index is 12.9. The van der Waals surface area contributed by atoms with E-state index in [1.165, 1.54) is 4.90 Å². The van der Waals surface area contributed by atoms with Crippen LogP contribution in [0.15, 0.2) is 18.2 Å². The van der Waals surface area contributed by atoms with Crippen molar-refractivity contribution < 1.29 is 9.59 Å². The van der Waals surface area contributed by atoms with Gasteiger partial charge in [-0.3, -0.25) is 14.9 Å². The first kappa shape index (κ1) is 21.5. The number of aromatic nitrogens is 4. The summed E-state index contributed by atoms with van der Waals surface area (Å²) in [6.07, 6.45) is 2.54. The van der Waals surface area contributed by atoms with Gasteiger partial charge < -0.3 is 14.5 Å². The molecular formula is C22H30N6O2. The molecule has 2 aromatic heterocycles. The van der Waals surface area contributed by atoms with Gasteiger partial charge in [0.05, 0.1) is 16.7 Å². The number of hydrogen-bond acceptors (Lipinski definition) is 4. The van der Waals surface area contributed by atoms with E-state index in [1.54, 1.807) is 26.2 Å². The van der Waals surface area contributed by atoms with Gasteiger partial charge in [0, 0.05) is 31.4 Å². The molecule has 0 saturated heterocycles. The highest BCUT2D eigenvalue weighted by molar-refractivity contribution is 6.02. The predicted molar refractivity (Wildman–Crippen MR) is 118 cm³/mol. The Hall–Kier alpha value is -3.16. The van der Waals surface area contributed by atoms with Crippen LogP contribution in [0.2, 0.25) is 0 Å². The van der Waals surface area contributed by atoms with Crippen molar-refractivity contribution in [3.8, 4) is 0 Å². The molecule has 0 aliphatic rings.